The predicted molar refractivity (Wildman–Crippen MR) is 45.2 cm³/mol. The largest absolute Gasteiger partial charge is 0.504 e. The Kier molecular flexibility index (Phi) is 2.59. The molecule has 0 fully saturated rings. The van der Waals surface area contributed by atoms with E-state index in [2.05, 4.69) is 20.9 Å². The average molecular weight is 233 g/mol. The van der Waals surface area contributed by atoms with Crippen molar-refractivity contribution in [2.24, 2.45) is 0 Å². The Balaban J connectivity index is 3.13. The van der Waals surface area contributed by atoms with Crippen molar-refractivity contribution in [3.63, 3.8) is 0 Å². The summed E-state index contributed by atoms with van der Waals surface area (Å²) in [5, 5.41) is 19.6. The zero-order valence-electron chi connectivity index (χ0n) is 5.90. The molecule has 0 aromatic carbocycles. The van der Waals surface area contributed by atoms with E-state index in [-0.39, 0.29) is 17.3 Å². The van der Waals surface area contributed by atoms with Gasteiger partial charge in [-0.2, -0.15) is 0 Å². The molecule has 1 aromatic rings. The van der Waals surface area contributed by atoms with E-state index in [0.29, 0.717) is 5.33 Å². The molecular weight excluding hydrogens is 228 g/mol. The van der Waals surface area contributed by atoms with E-state index in [9.17, 15) is 10.1 Å². The molecule has 1 heterocycles. The Labute approximate surface area is 76.3 Å². The molecule has 5 nitrogen and oxygen atoms in total. The summed E-state index contributed by atoms with van der Waals surface area (Å²) in [6.45, 7) is 0. The third kappa shape index (κ3) is 1.70. The van der Waals surface area contributed by atoms with Crippen molar-refractivity contribution in [2.75, 3.05) is 0 Å². The van der Waals surface area contributed by atoms with E-state index >= 15 is 0 Å². The Morgan fingerprint density at radius 3 is 2.83 bits per heavy atom. The van der Waals surface area contributed by atoms with Crippen molar-refractivity contribution in [3.05, 3.63) is 27.9 Å². The number of aromatic nitrogens is 1. The van der Waals surface area contributed by atoms with Crippen LogP contribution in [0.1, 0.15) is 5.69 Å². The molecule has 0 atom stereocenters. The summed E-state index contributed by atoms with van der Waals surface area (Å²) in [6.07, 6.45) is 0. The number of pyridine rings is 1. The van der Waals surface area contributed by atoms with Crippen molar-refractivity contribution >= 4 is 21.7 Å². The predicted octanol–water partition coefficient (Wildman–Crippen LogP) is 1.59. The smallest absolute Gasteiger partial charge is 0.363 e. The number of hydrogen-bond donors (Lipinski definition) is 1. The second-order valence-electron chi connectivity index (χ2n) is 2.03. The number of halogens is 1. The Morgan fingerprint density at radius 1 is 1.67 bits per heavy atom. The first-order valence-corrected chi connectivity index (χ1v) is 4.16. The summed E-state index contributed by atoms with van der Waals surface area (Å²) >= 11 is 3.05. The number of rotatable bonds is 2. The molecule has 0 aliphatic carbocycles. The van der Waals surface area contributed by atoms with Gasteiger partial charge in [-0.05, 0) is 16.0 Å². The van der Waals surface area contributed by atoms with Crippen LogP contribution in [0.2, 0.25) is 0 Å². The zero-order valence-corrected chi connectivity index (χ0v) is 7.48. The van der Waals surface area contributed by atoms with E-state index in [1.54, 1.807) is 0 Å². The van der Waals surface area contributed by atoms with Crippen molar-refractivity contribution in [1.29, 1.82) is 0 Å². The SMILES string of the molecule is O=[N+]([O-])c1ccc(O)c(CBr)n1. The van der Waals surface area contributed by atoms with Gasteiger partial charge in [-0.1, -0.05) is 15.9 Å². The van der Waals surface area contributed by atoms with Crippen molar-refractivity contribution in [2.45, 2.75) is 5.33 Å². The Hall–Kier alpha value is -1.17. The van der Waals surface area contributed by atoms with Crippen LogP contribution >= 0.6 is 15.9 Å². The maximum absolute atomic E-state index is 10.2. The van der Waals surface area contributed by atoms with Crippen molar-refractivity contribution in [1.82, 2.24) is 4.98 Å². The van der Waals surface area contributed by atoms with Crippen molar-refractivity contribution < 1.29 is 10.0 Å². The minimum Gasteiger partial charge on any atom is -0.504 e. The summed E-state index contributed by atoms with van der Waals surface area (Å²) in [5.74, 6) is -0.306. The fourth-order valence-electron chi connectivity index (χ4n) is 0.682. The highest BCUT2D eigenvalue weighted by atomic mass is 79.9. The quantitative estimate of drug-likeness (QED) is 0.478. The highest BCUT2D eigenvalue weighted by Gasteiger charge is 2.12. The van der Waals surface area contributed by atoms with Crippen LogP contribution in [0.3, 0.4) is 0 Å². The van der Waals surface area contributed by atoms with Crippen LogP contribution in [0, 0.1) is 10.1 Å². The molecule has 12 heavy (non-hydrogen) atoms. The summed E-state index contributed by atoms with van der Waals surface area (Å²) in [5.41, 5.74) is 0.268. The van der Waals surface area contributed by atoms with E-state index in [1.807, 2.05) is 0 Å². The lowest BCUT2D eigenvalue weighted by Gasteiger charge is -1.95. The molecule has 0 aliphatic rings. The topological polar surface area (TPSA) is 76.3 Å². The molecule has 6 heteroatoms. The number of alkyl halides is 1. The van der Waals surface area contributed by atoms with Crippen LogP contribution in [0.5, 0.6) is 5.75 Å². The second-order valence-corrected chi connectivity index (χ2v) is 2.59. The lowest BCUT2D eigenvalue weighted by atomic mass is 10.3. The lowest BCUT2D eigenvalue weighted by Crippen LogP contribution is -1.94. The molecule has 0 amide bonds. The van der Waals surface area contributed by atoms with Crippen LogP contribution in [0.4, 0.5) is 5.82 Å². The first kappa shape index (κ1) is 8.92. The van der Waals surface area contributed by atoms with E-state index in [0.717, 1.165) is 6.07 Å². The van der Waals surface area contributed by atoms with Gasteiger partial charge in [-0.25, -0.2) is 0 Å². The summed E-state index contributed by atoms with van der Waals surface area (Å²) < 4.78 is 0. The minimum atomic E-state index is -0.606. The highest BCUT2D eigenvalue weighted by molar-refractivity contribution is 9.08. The molecule has 0 bridgehead atoms. The zero-order chi connectivity index (χ0) is 9.14. The van der Waals surface area contributed by atoms with Crippen LogP contribution in [-0.4, -0.2) is 15.0 Å². The minimum absolute atomic E-state index is 0.0440. The number of aromatic hydroxyl groups is 1. The average Bonchev–Trinajstić information content (AvgIpc) is 2.05. The molecule has 1 N–H and O–H groups in total. The van der Waals surface area contributed by atoms with Gasteiger partial charge in [0, 0.05) is 6.07 Å². The monoisotopic (exact) mass is 232 g/mol. The Morgan fingerprint density at radius 2 is 2.33 bits per heavy atom. The molecule has 64 valence electrons. The van der Waals surface area contributed by atoms with Crippen LogP contribution in [0.15, 0.2) is 12.1 Å². The van der Waals surface area contributed by atoms with Crippen molar-refractivity contribution in [3.8, 4) is 5.75 Å². The molecular formula is C6H5BrN2O3. The first-order chi connectivity index (χ1) is 5.65. The highest BCUT2D eigenvalue weighted by Crippen LogP contribution is 2.20. The fourth-order valence-corrected chi connectivity index (χ4v) is 1.10. The molecule has 0 unspecified atom stereocenters. The van der Waals surface area contributed by atoms with E-state index in [1.165, 1.54) is 6.07 Å². The normalized spacial score (nSPS) is 9.75. The van der Waals surface area contributed by atoms with Gasteiger partial charge < -0.3 is 15.2 Å². The van der Waals surface area contributed by atoms with Gasteiger partial charge in [0.05, 0.1) is 5.33 Å². The van der Waals surface area contributed by atoms with Gasteiger partial charge in [0.15, 0.2) is 5.75 Å². The lowest BCUT2D eigenvalue weighted by molar-refractivity contribution is -0.389. The Bertz CT molecular complexity index is 316. The molecule has 0 radical (unpaired) electrons. The maximum atomic E-state index is 10.2. The fraction of sp³-hybridized carbons (Fsp3) is 0.167. The summed E-state index contributed by atoms with van der Waals surface area (Å²) in [6, 6.07) is 2.41. The summed E-state index contributed by atoms with van der Waals surface area (Å²) in [7, 11) is 0. The molecule has 1 aromatic heterocycles. The van der Waals surface area contributed by atoms with Gasteiger partial charge in [0.25, 0.3) is 0 Å². The standard InChI is InChI=1S/C6H5BrN2O3/c7-3-4-5(10)1-2-6(8-4)9(11)12/h1-2,10H,3H2. The van der Waals surface area contributed by atoms with Gasteiger partial charge in [-0.15, -0.1) is 0 Å². The third-order valence-electron chi connectivity index (χ3n) is 1.25. The third-order valence-corrected chi connectivity index (χ3v) is 1.78. The molecule has 0 saturated carbocycles. The van der Waals surface area contributed by atoms with E-state index in [4.69, 9.17) is 5.11 Å². The second kappa shape index (κ2) is 3.48. The van der Waals surface area contributed by atoms with Gasteiger partial charge in [-0.3, -0.25) is 0 Å². The molecule has 0 spiro atoms. The summed E-state index contributed by atoms with van der Waals surface area (Å²) in [4.78, 5) is 13.2. The maximum Gasteiger partial charge on any atom is 0.363 e. The number of nitrogens with zero attached hydrogens (tertiary/aromatic N) is 2. The van der Waals surface area contributed by atoms with Crippen LogP contribution in [-0.2, 0) is 5.33 Å². The first-order valence-electron chi connectivity index (χ1n) is 3.04. The van der Waals surface area contributed by atoms with Gasteiger partial charge in [0.2, 0.25) is 5.69 Å². The van der Waals surface area contributed by atoms with E-state index < -0.39 is 4.92 Å². The molecule has 1 rings (SSSR count). The molecule has 0 aliphatic heterocycles. The van der Waals surface area contributed by atoms with Crippen LogP contribution in [0.25, 0.3) is 0 Å². The van der Waals surface area contributed by atoms with Crippen LogP contribution < -0.4 is 0 Å². The number of nitro groups is 1. The van der Waals surface area contributed by atoms with Gasteiger partial charge >= 0.3 is 5.82 Å². The molecule has 0 saturated heterocycles. The number of hydrogen-bond acceptors (Lipinski definition) is 4. The van der Waals surface area contributed by atoms with Gasteiger partial charge in [0.1, 0.15) is 0 Å².